The number of aromatic nitrogens is 1. The molecule has 1 aromatic rings. The summed E-state index contributed by atoms with van der Waals surface area (Å²) in [5.74, 6) is 0. The standard InChI is InChI=1S/C10H14ClNO.C2H2/c1-4-10(13-3)8-5-7(2)12-6-9(8)11;1-2/h5-6,10H,4H2,1-3H3;1-2H. The summed E-state index contributed by atoms with van der Waals surface area (Å²) in [6.07, 6.45) is 10.7. The molecule has 0 N–H and O–H groups in total. The zero-order chi connectivity index (χ0) is 11.8. The van der Waals surface area contributed by atoms with E-state index in [1.807, 2.05) is 13.0 Å². The van der Waals surface area contributed by atoms with Crippen LogP contribution < -0.4 is 0 Å². The van der Waals surface area contributed by atoms with Crippen molar-refractivity contribution in [2.45, 2.75) is 26.4 Å². The Bertz CT molecular complexity index is 319. The van der Waals surface area contributed by atoms with Crippen LogP contribution >= 0.6 is 11.6 Å². The molecule has 1 aromatic heterocycles. The molecule has 0 aliphatic heterocycles. The lowest BCUT2D eigenvalue weighted by molar-refractivity contribution is 0.1000. The van der Waals surface area contributed by atoms with Gasteiger partial charge in [-0.25, -0.2) is 0 Å². The van der Waals surface area contributed by atoms with Gasteiger partial charge in [0.1, 0.15) is 0 Å². The van der Waals surface area contributed by atoms with Gasteiger partial charge in [-0.1, -0.05) is 18.5 Å². The number of halogens is 1. The van der Waals surface area contributed by atoms with Crippen LogP contribution in [0.1, 0.15) is 30.7 Å². The highest BCUT2D eigenvalue weighted by Gasteiger charge is 2.12. The zero-order valence-electron chi connectivity index (χ0n) is 9.33. The van der Waals surface area contributed by atoms with Gasteiger partial charge in [0.05, 0.1) is 11.1 Å². The van der Waals surface area contributed by atoms with E-state index < -0.39 is 0 Å². The highest BCUT2D eigenvalue weighted by molar-refractivity contribution is 6.31. The Balaban J connectivity index is 0.000000921. The van der Waals surface area contributed by atoms with Crippen LogP contribution in [-0.4, -0.2) is 12.1 Å². The Kier molecular flexibility index (Phi) is 6.77. The molecule has 0 saturated carbocycles. The number of rotatable bonds is 3. The molecule has 15 heavy (non-hydrogen) atoms. The van der Waals surface area contributed by atoms with Crippen LogP contribution in [0.3, 0.4) is 0 Å². The minimum absolute atomic E-state index is 0.0780. The van der Waals surface area contributed by atoms with Gasteiger partial charge in [0.25, 0.3) is 0 Å². The SMILES string of the molecule is C#C.CCC(OC)c1cc(C)ncc1Cl. The molecule has 0 aromatic carbocycles. The lowest BCUT2D eigenvalue weighted by Gasteiger charge is -2.14. The van der Waals surface area contributed by atoms with Crippen molar-refractivity contribution >= 4 is 11.6 Å². The van der Waals surface area contributed by atoms with Crippen LogP contribution in [0.15, 0.2) is 12.3 Å². The second-order valence-corrected chi connectivity index (χ2v) is 3.39. The summed E-state index contributed by atoms with van der Waals surface area (Å²) in [5, 5.41) is 0.680. The van der Waals surface area contributed by atoms with Gasteiger partial charge in [-0.3, -0.25) is 4.98 Å². The predicted molar refractivity (Wildman–Crippen MR) is 63.9 cm³/mol. The zero-order valence-corrected chi connectivity index (χ0v) is 10.1. The maximum atomic E-state index is 6.01. The highest BCUT2D eigenvalue weighted by Crippen LogP contribution is 2.27. The largest absolute Gasteiger partial charge is 0.377 e. The van der Waals surface area contributed by atoms with Crippen molar-refractivity contribution in [2.24, 2.45) is 0 Å². The van der Waals surface area contributed by atoms with Crippen LogP contribution in [0.5, 0.6) is 0 Å². The van der Waals surface area contributed by atoms with Crippen molar-refractivity contribution in [3.63, 3.8) is 0 Å². The van der Waals surface area contributed by atoms with E-state index in [1.54, 1.807) is 13.3 Å². The maximum Gasteiger partial charge on any atom is 0.0834 e. The van der Waals surface area contributed by atoms with Crippen molar-refractivity contribution in [3.05, 3.63) is 28.5 Å². The Morgan fingerprint density at radius 2 is 2.13 bits per heavy atom. The second kappa shape index (κ2) is 7.28. The third kappa shape index (κ3) is 3.91. The third-order valence-electron chi connectivity index (χ3n) is 2.02. The van der Waals surface area contributed by atoms with E-state index in [1.165, 1.54) is 0 Å². The van der Waals surface area contributed by atoms with E-state index in [2.05, 4.69) is 24.8 Å². The minimum atomic E-state index is 0.0780. The van der Waals surface area contributed by atoms with Gasteiger partial charge in [-0.2, -0.15) is 0 Å². The molecule has 0 amide bonds. The van der Waals surface area contributed by atoms with Gasteiger partial charge in [-0.05, 0) is 19.4 Å². The first-order chi connectivity index (χ1) is 7.19. The van der Waals surface area contributed by atoms with Gasteiger partial charge < -0.3 is 4.74 Å². The summed E-state index contributed by atoms with van der Waals surface area (Å²) in [6, 6.07) is 1.97. The average molecular weight is 226 g/mol. The number of pyridine rings is 1. The van der Waals surface area contributed by atoms with E-state index in [-0.39, 0.29) is 6.10 Å². The first-order valence-electron chi connectivity index (χ1n) is 4.67. The molecule has 1 unspecified atom stereocenters. The molecule has 0 aliphatic rings. The number of nitrogens with zero attached hydrogens (tertiary/aromatic N) is 1. The van der Waals surface area contributed by atoms with E-state index in [9.17, 15) is 0 Å². The molecule has 2 nitrogen and oxygen atoms in total. The van der Waals surface area contributed by atoms with Gasteiger partial charge in [0.2, 0.25) is 0 Å². The average Bonchev–Trinajstić information content (AvgIpc) is 2.28. The fourth-order valence-corrected chi connectivity index (χ4v) is 1.55. The molecule has 0 saturated heterocycles. The molecule has 1 heterocycles. The van der Waals surface area contributed by atoms with E-state index >= 15 is 0 Å². The molecule has 82 valence electrons. The Labute approximate surface area is 96.6 Å². The summed E-state index contributed by atoms with van der Waals surface area (Å²) >= 11 is 6.01. The van der Waals surface area contributed by atoms with Crippen LogP contribution in [0.2, 0.25) is 5.02 Å². The van der Waals surface area contributed by atoms with Crippen molar-refractivity contribution in [1.82, 2.24) is 4.98 Å². The first kappa shape index (κ1) is 14.0. The smallest absolute Gasteiger partial charge is 0.0834 e. The fourth-order valence-electron chi connectivity index (χ4n) is 1.32. The van der Waals surface area contributed by atoms with Crippen molar-refractivity contribution in [3.8, 4) is 12.8 Å². The lowest BCUT2D eigenvalue weighted by Crippen LogP contribution is -2.01. The molecular weight excluding hydrogens is 210 g/mol. The quantitative estimate of drug-likeness (QED) is 0.736. The molecule has 0 aliphatic carbocycles. The maximum absolute atomic E-state index is 6.01. The Hall–Kier alpha value is -1.04. The van der Waals surface area contributed by atoms with Gasteiger partial charge >= 0.3 is 0 Å². The lowest BCUT2D eigenvalue weighted by atomic mass is 10.1. The number of hydrogen-bond acceptors (Lipinski definition) is 2. The Morgan fingerprint density at radius 3 is 2.60 bits per heavy atom. The fraction of sp³-hybridized carbons (Fsp3) is 0.417. The number of hydrogen-bond donors (Lipinski definition) is 0. The summed E-state index contributed by atoms with van der Waals surface area (Å²) < 4.78 is 5.31. The van der Waals surface area contributed by atoms with Crippen LogP contribution in [0, 0.1) is 19.8 Å². The highest BCUT2D eigenvalue weighted by atomic mass is 35.5. The summed E-state index contributed by atoms with van der Waals surface area (Å²) in [4.78, 5) is 4.10. The second-order valence-electron chi connectivity index (χ2n) is 2.98. The molecule has 0 bridgehead atoms. The summed E-state index contributed by atoms with van der Waals surface area (Å²) in [5.41, 5.74) is 1.99. The molecule has 0 spiro atoms. The summed E-state index contributed by atoms with van der Waals surface area (Å²) in [7, 11) is 1.69. The van der Waals surface area contributed by atoms with Crippen LogP contribution in [0.4, 0.5) is 0 Å². The Morgan fingerprint density at radius 1 is 1.53 bits per heavy atom. The van der Waals surface area contributed by atoms with E-state index in [0.29, 0.717) is 5.02 Å². The van der Waals surface area contributed by atoms with E-state index in [4.69, 9.17) is 16.3 Å². The predicted octanol–water partition coefficient (Wildman–Crippen LogP) is 3.39. The van der Waals surface area contributed by atoms with Crippen molar-refractivity contribution < 1.29 is 4.74 Å². The van der Waals surface area contributed by atoms with E-state index in [0.717, 1.165) is 17.7 Å². The number of terminal acetylenes is 1. The number of methoxy groups -OCH3 is 1. The van der Waals surface area contributed by atoms with Crippen LogP contribution in [0.25, 0.3) is 0 Å². The monoisotopic (exact) mass is 225 g/mol. The molecule has 0 fully saturated rings. The van der Waals surface area contributed by atoms with Crippen molar-refractivity contribution in [1.29, 1.82) is 0 Å². The molecule has 3 heteroatoms. The van der Waals surface area contributed by atoms with Gasteiger partial charge in [0.15, 0.2) is 0 Å². The third-order valence-corrected chi connectivity index (χ3v) is 2.34. The number of ether oxygens (including phenoxy) is 1. The molecule has 1 atom stereocenters. The van der Waals surface area contributed by atoms with Gasteiger partial charge in [0, 0.05) is 24.6 Å². The molecule has 0 radical (unpaired) electrons. The van der Waals surface area contributed by atoms with Crippen LogP contribution in [-0.2, 0) is 4.74 Å². The van der Waals surface area contributed by atoms with Crippen molar-refractivity contribution in [2.75, 3.05) is 7.11 Å². The van der Waals surface area contributed by atoms with Gasteiger partial charge in [-0.15, -0.1) is 12.8 Å². The molecular formula is C12H16ClNO. The minimum Gasteiger partial charge on any atom is -0.377 e. The number of aryl methyl sites for hydroxylation is 1. The normalized spacial score (nSPS) is 11.3. The first-order valence-corrected chi connectivity index (χ1v) is 5.05. The summed E-state index contributed by atoms with van der Waals surface area (Å²) in [6.45, 7) is 4.02. The molecule has 1 rings (SSSR count). The topological polar surface area (TPSA) is 22.1 Å².